The third-order valence-electron chi connectivity index (χ3n) is 2.19. The molecule has 3 nitrogen and oxygen atoms in total. The molecule has 0 aliphatic heterocycles. The summed E-state index contributed by atoms with van der Waals surface area (Å²) in [6, 6.07) is 7.76. The SMILES string of the molecule is COCc1ccc(C(C)(C)OO)cc1. The van der Waals surface area contributed by atoms with Gasteiger partial charge in [-0.15, -0.1) is 0 Å². The fourth-order valence-corrected chi connectivity index (χ4v) is 1.22. The van der Waals surface area contributed by atoms with Gasteiger partial charge in [-0.3, -0.25) is 5.26 Å². The number of hydrogen-bond donors (Lipinski definition) is 1. The van der Waals surface area contributed by atoms with Gasteiger partial charge in [-0.25, -0.2) is 4.89 Å². The molecule has 1 aromatic carbocycles. The van der Waals surface area contributed by atoms with Gasteiger partial charge in [0.25, 0.3) is 0 Å². The standard InChI is InChI=1S/C11H16O3/c1-11(2,14-12)10-6-4-9(5-7-10)8-13-3/h4-7,12H,8H2,1-3H3. The topological polar surface area (TPSA) is 38.7 Å². The van der Waals surface area contributed by atoms with Crippen molar-refractivity contribution in [3.8, 4) is 0 Å². The zero-order chi connectivity index (χ0) is 10.6. The van der Waals surface area contributed by atoms with Gasteiger partial charge in [-0.1, -0.05) is 24.3 Å². The maximum Gasteiger partial charge on any atom is 0.123 e. The van der Waals surface area contributed by atoms with Crippen molar-refractivity contribution < 1.29 is 14.9 Å². The van der Waals surface area contributed by atoms with Gasteiger partial charge in [0.2, 0.25) is 0 Å². The second kappa shape index (κ2) is 4.55. The van der Waals surface area contributed by atoms with Gasteiger partial charge in [-0.2, -0.15) is 0 Å². The molecule has 0 heterocycles. The molecular formula is C11H16O3. The Bertz CT molecular complexity index is 277. The fourth-order valence-electron chi connectivity index (χ4n) is 1.22. The first-order chi connectivity index (χ1) is 6.60. The van der Waals surface area contributed by atoms with Gasteiger partial charge < -0.3 is 4.74 Å². The molecule has 0 fully saturated rings. The first kappa shape index (κ1) is 11.2. The lowest BCUT2D eigenvalue weighted by molar-refractivity contribution is -0.318. The first-order valence-electron chi connectivity index (χ1n) is 4.51. The Labute approximate surface area is 84.2 Å². The van der Waals surface area contributed by atoms with Gasteiger partial charge >= 0.3 is 0 Å². The van der Waals surface area contributed by atoms with Crippen molar-refractivity contribution in [2.24, 2.45) is 0 Å². The van der Waals surface area contributed by atoms with Crippen molar-refractivity contribution in [1.29, 1.82) is 0 Å². The minimum atomic E-state index is -0.661. The van der Waals surface area contributed by atoms with E-state index in [1.54, 1.807) is 21.0 Å². The third kappa shape index (κ3) is 2.54. The predicted octanol–water partition coefficient (Wildman–Crippen LogP) is 2.56. The third-order valence-corrected chi connectivity index (χ3v) is 2.19. The van der Waals surface area contributed by atoms with Crippen molar-refractivity contribution in [1.82, 2.24) is 0 Å². The maximum atomic E-state index is 8.70. The van der Waals surface area contributed by atoms with Gasteiger partial charge in [0.1, 0.15) is 5.60 Å². The van der Waals surface area contributed by atoms with Crippen LogP contribution in [-0.4, -0.2) is 12.4 Å². The Hall–Kier alpha value is -0.900. The average molecular weight is 196 g/mol. The van der Waals surface area contributed by atoms with E-state index in [2.05, 4.69) is 4.89 Å². The number of ether oxygens (including phenoxy) is 1. The summed E-state index contributed by atoms with van der Waals surface area (Å²) in [7, 11) is 1.66. The van der Waals surface area contributed by atoms with Crippen LogP contribution < -0.4 is 0 Å². The van der Waals surface area contributed by atoms with Crippen LogP contribution in [0, 0.1) is 0 Å². The average Bonchev–Trinajstić information content (AvgIpc) is 2.19. The summed E-state index contributed by atoms with van der Waals surface area (Å²) in [5, 5.41) is 8.70. The van der Waals surface area contributed by atoms with E-state index < -0.39 is 5.60 Å². The molecule has 0 aliphatic carbocycles. The zero-order valence-corrected chi connectivity index (χ0v) is 8.78. The molecule has 1 aromatic rings. The zero-order valence-electron chi connectivity index (χ0n) is 8.78. The van der Waals surface area contributed by atoms with Gasteiger partial charge in [0.05, 0.1) is 6.61 Å². The van der Waals surface area contributed by atoms with E-state index in [0.29, 0.717) is 6.61 Å². The quantitative estimate of drug-likeness (QED) is 0.594. The van der Waals surface area contributed by atoms with Crippen molar-refractivity contribution in [3.63, 3.8) is 0 Å². The molecule has 3 heteroatoms. The van der Waals surface area contributed by atoms with Crippen LogP contribution >= 0.6 is 0 Å². The molecule has 78 valence electrons. The smallest absolute Gasteiger partial charge is 0.123 e. The molecule has 1 N–H and O–H groups in total. The monoisotopic (exact) mass is 196 g/mol. The number of hydrogen-bond acceptors (Lipinski definition) is 3. The molecular weight excluding hydrogens is 180 g/mol. The summed E-state index contributed by atoms with van der Waals surface area (Å²) in [4.78, 5) is 4.39. The van der Waals surface area contributed by atoms with E-state index in [1.807, 2.05) is 24.3 Å². The van der Waals surface area contributed by atoms with Crippen LogP contribution in [0.4, 0.5) is 0 Å². The van der Waals surface area contributed by atoms with Crippen molar-refractivity contribution in [3.05, 3.63) is 35.4 Å². The van der Waals surface area contributed by atoms with E-state index in [9.17, 15) is 0 Å². The minimum Gasteiger partial charge on any atom is -0.380 e. The predicted molar refractivity (Wildman–Crippen MR) is 53.9 cm³/mol. The maximum absolute atomic E-state index is 8.70. The second-order valence-corrected chi connectivity index (χ2v) is 3.73. The molecule has 0 atom stereocenters. The Morgan fingerprint density at radius 1 is 1.21 bits per heavy atom. The van der Waals surface area contributed by atoms with Crippen LogP contribution in [0.3, 0.4) is 0 Å². The van der Waals surface area contributed by atoms with E-state index >= 15 is 0 Å². The number of benzene rings is 1. The summed E-state index contributed by atoms with van der Waals surface area (Å²) < 4.78 is 5.00. The van der Waals surface area contributed by atoms with Crippen molar-refractivity contribution in [2.45, 2.75) is 26.1 Å². The van der Waals surface area contributed by atoms with Crippen LogP contribution in [-0.2, 0) is 21.8 Å². The molecule has 0 aliphatic rings. The normalized spacial score (nSPS) is 11.7. The van der Waals surface area contributed by atoms with E-state index in [4.69, 9.17) is 9.99 Å². The molecule has 0 bridgehead atoms. The molecule has 1 rings (SSSR count). The molecule has 0 saturated heterocycles. The number of rotatable bonds is 4. The lowest BCUT2D eigenvalue weighted by atomic mass is 9.97. The van der Waals surface area contributed by atoms with Gasteiger partial charge in [0.15, 0.2) is 0 Å². The van der Waals surface area contributed by atoms with Crippen LogP contribution in [0.25, 0.3) is 0 Å². The Morgan fingerprint density at radius 2 is 1.79 bits per heavy atom. The van der Waals surface area contributed by atoms with Crippen LogP contribution in [0.5, 0.6) is 0 Å². The minimum absolute atomic E-state index is 0.598. The van der Waals surface area contributed by atoms with E-state index in [0.717, 1.165) is 11.1 Å². The Balaban J connectivity index is 2.82. The highest BCUT2D eigenvalue weighted by Crippen LogP contribution is 2.23. The molecule has 0 unspecified atom stereocenters. The number of methoxy groups -OCH3 is 1. The fraction of sp³-hybridized carbons (Fsp3) is 0.455. The Morgan fingerprint density at radius 3 is 2.21 bits per heavy atom. The molecule has 0 saturated carbocycles. The van der Waals surface area contributed by atoms with Crippen LogP contribution in [0.1, 0.15) is 25.0 Å². The van der Waals surface area contributed by atoms with Gasteiger partial charge in [-0.05, 0) is 25.0 Å². The highest BCUT2D eigenvalue weighted by atomic mass is 17.1. The summed E-state index contributed by atoms with van der Waals surface area (Å²) >= 11 is 0. The summed E-state index contributed by atoms with van der Waals surface area (Å²) in [6.07, 6.45) is 0. The van der Waals surface area contributed by atoms with E-state index in [-0.39, 0.29) is 0 Å². The van der Waals surface area contributed by atoms with Crippen molar-refractivity contribution >= 4 is 0 Å². The highest BCUT2D eigenvalue weighted by Gasteiger charge is 2.20. The molecule has 0 spiro atoms. The van der Waals surface area contributed by atoms with Crippen LogP contribution in [0.15, 0.2) is 24.3 Å². The summed E-state index contributed by atoms with van der Waals surface area (Å²) in [6.45, 7) is 4.21. The molecule has 0 aromatic heterocycles. The summed E-state index contributed by atoms with van der Waals surface area (Å²) in [5.41, 5.74) is 1.37. The largest absolute Gasteiger partial charge is 0.380 e. The lowest BCUT2D eigenvalue weighted by Gasteiger charge is -2.20. The van der Waals surface area contributed by atoms with Gasteiger partial charge in [0, 0.05) is 7.11 Å². The Kier molecular flexibility index (Phi) is 3.63. The lowest BCUT2D eigenvalue weighted by Crippen LogP contribution is -2.19. The summed E-state index contributed by atoms with van der Waals surface area (Å²) in [5.74, 6) is 0. The molecule has 0 radical (unpaired) electrons. The highest BCUT2D eigenvalue weighted by molar-refractivity contribution is 5.26. The van der Waals surface area contributed by atoms with Crippen LogP contribution in [0.2, 0.25) is 0 Å². The first-order valence-corrected chi connectivity index (χ1v) is 4.51. The van der Waals surface area contributed by atoms with E-state index in [1.165, 1.54) is 0 Å². The molecule has 0 amide bonds. The second-order valence-electron chi connectivity index (χ2n) is 3.73. The van der Waals surface area contributed by atoms with Crippen molar-refractivity contribution in [2.75, 3.05) is 7.11 Å². The molecule has 14 heavy (non-hydrogen) atoms.